The molecule has 4 N–H and O–H groups in total. The number of nitrogens with two attached hydrogens (primary N) is 1. The molecule has 0 rings (SSSR count). The fourth-order valence-corrected chi connectivity index (χ4v) is 0.352. The van der Waals surface area contributed by atoms with Crippen LogP contribution < -0.4 is 10.6 Å². The van der Waals surface area contributed by atoms with Crippen molar-refractivity contribution in [3.05, 3.63) is 0 Å². The van der Waals surface area contributed by atoms with Gasteiger partial charge in [-0.05, 0) is 0 Å². The van der Waals surface area contributed by atoms with E-state index < -0.39 is 5.96 Å². The molecule has 0 saturated heterocycles. The van der Waals surface area contributed by atoms with Crippen LogP contribution in [0.4, 0.5) is 0 Å². The molecule has 0 saturated carbocycles. The maximum atomic E-state index is 6.59. The molecule has 0 aliphatic carbocycles. The predicted octanol–water partition coefficient (Wildman–Crippen LogP) is 1.01. The quantitative estimate of drug-likeness (QED) is 0.245. The van der Waals surface area contributed by atoms with Gasteiger partial charge in [-0.1, -0.05) is 0 Å². The highest BCUT2D eigenvalue weighted by molar-refractivity contribution is 6.26. The first kappa shape index (κ1) is 13.0. The Kier molecular flexibility index (Phi) is 8.91. The van der Waals surface area contributed by atoms with Crippen molar-refractivity contribution in [2.75, 3.05) is 0 Å². The second-order valence-corrected chi connectivity index (χ2v) is 1.45. The summed E-state index contributed by atoms with van der Waals surface area (Å²) in [4.78, 5) is 1.98. The number of azo groups is 1. The van der Waals surface area contributed by atoms with E-state index in [9.17, 15) is 0 Å². The van der Waals surface area contributed by atoms with Crippen molar-refractivity contribution in [2.45, 2.75) is 0 Å². The molecule has 0 aliphatic rings. The summed E-state index contributed by atoms with van der Waals surface area (Å²) in [5.74, 6) is -0.580. The van der Waals surface area contributed by atoms with Gasteiger partial charge < -0.3 is 5.73 Å². The Labute approximate surface area is 79.0 Å². The maximum Gasteiger partial charge on any atom is 0.269 e. The minimum absolute atomic E-state index is 0. The molecule has 64 valence electrons. The number of rotatable bonds is 0. The molecular formula is C2H5Cl3N6. The zero-order chi connectivity index (χ0) is 7.98. The third kappa shape index (κ3) is 7.31. The molecule has 0 aromatic carbocycles. The van der Waals surface area contributed by atoms with Crippen LogP contribution >= 0.6 is 36.0 Å². The monoisotopic (exact) mass is 218 g/mol. The molecule has 0 bridgehead atoms. The maximum absolute atomic E-state index is 6.59. The third-order valence-electron chi connectivity index (χ3n) is 0.417. The van der Waals surface area contributed by atoms with Crippen LogP contribution in [0.1, 0.15) is 0 Å². The van der Waals surface area contributed by atoms with Crippen molar-refractivity contribution in [1.29, 1.82) is 5.41 Å². The van der Waals surface area contributed by atoms with E-state index in [1.807, 2.05) is 4.84 Å². The summed E-state index contributed by atoms with van der Waals surface area (Å²) in [7, 11) is 0. The third-order valence-corrected chi connectivity index (χ3v) is 0.746. The molecule has 0 spiro atoms. The molecule has 0 aromatic rings. The lowest BCUT2D eigenvalue weighted by atomic mass is 11.1. The van der Waals surface area contributed by atoms with E-state index in [-0.39, 0.29) is 18.4 Å². The van der Waals surface area contributed by atoms with Gasteiger partial charge in [-0.25, -0.2) is 0 Å². The van der Waals surface area contributed by atoms with Gasteiger partial charge in [0.1, 0.15) is 0 Å². The number of hydrogen-bond donors (Lipinski definition) is 3. The van der Waals surface area contributed by atoms with E-state index in [0.29, 0.717) is 0 Å². The van der Waals surface area contributed by atoms with Gasteiger partial charge in [-0.2, -0.15) is 0 Å². The Morgan fingerprint density at radius 1 is 1.45 bits per heavy atom. The van der Waals surface area contributed by atoms with E-state index in [1.165, 1.54) is 0 Å². The van der Waals surface area contributed by atoms with Gasteiger partial charge >= 0.3 is 0 Å². The molecule has 6 nitrogen and oxygen atoms in total. The van der Waals surface area contributed by atoms with Gasteiger partial charge in [0.25, 0.3) is 5.96 Å². The number of halogens is 3. The highest BCUT2D eigenvalue weighted by Crippen LogP contribution is 1.84. The van der Waals surface area contributed by atoms with Crippen LogP contribution in [-0.2, 0) is 0 Å². The SMILES string of the molecule is Cl.N=C(N)N=NC(=NCl)NCl. The van der Waals surface area contributed by atoms with Gasteiger partial charge in [0.05, 0.1) is 0 Å². The molecule has 9 heteroatoms. The lowest BCUT2D eigenvalue weighted by molar-refractivity contribution is 1.21. The van der Waals surface area contributed by atoms with Gasteiger partial charge in [-0.3, -0.25) is 10.2 Å². The highest BCUT2D eigenvalue weighted by Gasteiger charge is 1.90. The molecule has 0 fully saturated rings. The van der Waals surface area contributed by atoms with Crippen molar-refractivity contribution in [3.63, 3.8) is 0 Å². The van der Waals surface area contributed by atoms with Crippen LogP contribution in [0.3, 0.4) is 0 Å². The summed E-state index contributed by atoms with van der Waals surface area (Å²) in [6, 6.07) is 0. The Morgan fingerprint density at radius 2 is 2.00 bits per heavy atom. The number of nitrogens with zero attached hydrogens (tertiary/aromatic N) is 3. The van der Waals surface area contributed by atoms with Crippen LogP contribution in [-0.4, -0.2) is 11.9 Å². The zero-order valence-corrected chi connectivity index (χ0v) is 7.41. The van der Waals surface area contributed by atoms with Gasteiger partial charge in [-0.15, -0.1) is 27.1 Å². The Hall–Kier alpha value is -0.590. The summed E-state index contributed by atoms with van der Waals surface area (Å²) < 4.78 is 3.01. The van der Waals surface area contributed by atoms with Crippen molar-refractivity contribution < 1.29 is 0 Å². The summed E-state index contributed by atoms with van der Waals surface area (Å²) in [5, 5.41) is 12.9. The van der Waals surface area contributed by atoms with E-state index in [4.69, 9.17) is 34.7 Å². The largest absolute Gasteiger partial charge is 0.367 e. The minimum Gasteiger partial charge on any atom is -0.367 e. The average Bonchev–Trinajstić information content (AvgIpc) is 1.90. The van der Waals surface area contributed by atoms with E-state index in [1.54, 1.807) is 0 Å². The zero-order valence-electron chi connectivity index (χ0n) is 5.08. The van der Waals surface area contributed by atoms with Crippen molar-refractivity contribution >= 4 is 47.9 Å². The molecule has 0 heterocycles. The summed E-state index contributed by atoms with van der Waals surface area (Å²) >= 11 is 9.95. The Bertz CT molecular complexity index is 175. The molecule has 11 heavy (non-hydrogen) atoms. The minimum atomic E-state index is -0.454. The van der Waals surface area contributed by atoms with E-state index >= 15 is 0 Å². The first-order chi connectivity index (χ1) is 4.70. The van der Waals surface area contributed by atoms with Gasteiger partial charge in [0.2, 0.25) is 5.96 Å². The second kappa shape index (κ2) is 7.52. The topological polar surface area (TPSA) is 99.0 Å². The van der Waals surface area contributed by atoms with Crippen molar-refractivity contribution in [1.82, 2.24) is 4.84 Å². The predicted molar refractivity (Wildman–Crippen MR) is 46.3 cm³/mol. The van der Waals surface area contributed by atoms with Gasteiger partial charge in [0.15, 0.2) is 0 Å². The number of guanidine groups is 2. The number of nitrogens with one attached hydrogen (secondary N) is 2. The number of hydrogen-bond acceptors (Lipinski definition) is 2. The van der Waals surface area contributed by atoms with Crippen LogP contribution in [0.5, 0.6) is 0 Å². The van der Waals surface area contributed by atoms with Crippen LogP contribution in [0, 0.1) is 5.41 Å². The smallest absolute Gasteiger partial charge is 0.269 e. The van der Waals surface area contributed by atoms with E-state index in [2.05, 4.69) is 14.7 Å². The molecule has 0 atom stereocenters. The molecule has 0 radical (unpaired) electrons. The second-order valence-electron chi connectivity index (χ2n) is 1.09. The normalized spacial score (nSPS) is 10.9. The van der Waals surface area contributed by atoms with Crippen LogP contribution in [0.2, 0.25) is 0 Å². The first-order valence-corrected chi connectivity index (χ1v) is 2.73. The van der Waals surface area contributed by atoms with Crippen molar-refractivity contribution in [2.24, 2.45) is 20.5 Å². The van der Waals surface area contributed by atoms with Crippen LogP contribution in [0.15, 0.2) is 14.7 Å². The highest BCUT2D eigenvalue weighted by atomic mass is 35.5. The fraction of sp³-hybridized carbons (Fsp3) is 0. The Morgan fingerprint density at radius 3 is 2.27 bits per heavy atom. The molecular weight excluding hydrogens is 214 g/mol. The van der Waals surface area contributed by atoms with E-state index in [0.717, 1.165) is 0 Å². The Balaban J connectivity index is 0. The lowest BCUT2D eigenvalue weighted by Crippen LogP contribution is -2.10. The molecule has 0 aromatic heterocycles. The summed E-state index contributed by atoms with van der Waals surface area (Å²) in [5.41, 5.74) is 4.80. The van der Waals surface area contributed by atoms with Gasteiger partial charge in [0, 0.05) is 23.6 Å². The summed E-state index contributed by atoms with van der Waals surface area (Å²) in [6.07, 6.45) is 0. The van der Waals surface area contributed by atoms with Crippen molar-refractivity contribution in [3.8, 4) is 0 Å². The fourth-order valence-electron chi connectivity index (χ4n) is 0.153. The average molecular weight is 219 g/mol. The summed E-state index contributed by atoms with van der Waals surface area (Å²) in [6.45, 7) is 0. The standard InChI is InChI=1S/C2H4Cl2N6.ClH/c3-7-2(8-4)10-9-1(5)6;/h(H3,5,6)(H,7,8);1H. The molecule has 0 aliphatic heterocycles. The molecule has 0 unspecified atom stereocenters. The molecule has 0 amide bonds. The lowest BCUT2D eigenvalue weighted by Gasteiger charge is -1.88. The van der Waals surface area contributed by atoms with Crippen LogP contribution in [0.25, 0.3) is 0 Å². The first-order valence-electron chi connectivity index (χ1n) is 2.02.